The molecule has 0 aliphatic heterocycles. The quantitative estimate of drug-likeness (QED) is 0.676. The van der Waals surface area contributed by atoms with E-state index >= 15 is 0 Å². The lowest BCUT2D eigenvalue weighted by atomic mass is 10.1. The Hall–Kier alpha value is -0.650. The van der Waals surface area contributed by atoms with Gasteiger partial charge in [-0.15, -0.1) is 11.3 Å². The van der Waals surface area contributed by atoms with E-state index in [9.17, 15) is 4.79 Å². The molecule has 0 bridgehead atoms. The van der Waals surface area contributed by atoms with Crippen LogP contribution in [-0.4, -0.2) is 17.9 Å². The summed E-state index contributed by atoms with van der Waals surface area (Å²) in [6.45, 7) is 4.77. The van der Waals surface area contributed by atoms with Gasteiger partial charge in [-0.05, 0) is 62.9 Å². The number of aryl methyl sites for hydroxylation is 2. The number of nitrogens with zero attached hydrogens (tertiary/aromatic N) is 1. The maximum atomic E-state index is 12.4. The summed E-state index contributed by atoms with van der Waals surface area (Å²) in [5.41, 5.74) is 4.34. The van der Waals surface area contributed by atoms with Crippen LogP contribution in [0.5, 0.6) is 0 Å². The molecule has 5 heteroatoms. The molecule has 0 aliphatic carbocycles. The molecule has 0 spiro atoms. The van der Waals surface area contributed by atoms with Crippen molar-refractivity contribution in [1.82, 2.24) is 4.90 Å². The van der Waals surface area contributed by atoms with Gasteiger partial charge in [0.15, 0.2) is 0 Å². The molecule has 2 nitrogen and oxygen atoms in total. The molecule has 2 rings (SSSR count). The summed E-state index contributed by atoms with van der Waals surface area (Å²) in [6, 6.07) is 8.17. The van der Waals surface area contributed by atoms with Crippen LogP contribution in [0.4, 0.5) is 0 Å². The normalized spacial score (nSPS) is 10.7. The summed E-state index contributed by atoms with van der Waals surface area (Å²) in [4.78, 5) is 14.2. The van der Waals surface area contributed by atoms with Crippen molar-refractivity contribution in [3.8, 4) is 0 Å². The predicted octanol–water partition coefficient (Wildman–Crippen LogP) is 5.16. The van der Waals surface area contributed by atoms with Crippen LogP contribution in [0, 0.1) is 13.8 Å². The Morgan fingerprint density at radius 3 is 2.50 bits per heavy atom. The summed E-state index contributed by atoms with van der Waals surface area (Å²) in [6.07, 6.45) is 0. The van der Waals surface area contributed by atoms with E-state index in [2.05, 4.69) is 63.9 Å². The first-order chi connectivity index (χ1) is 9.38. The fourth-order valence-corrected chi connectivity index (χ4v) is 4.82. The van der Waals surface area contributed by atoms with Crippen LogP contribution in [0.3, 0.4) is 0 Å². The molecule has 0 saturated carbocycles. The van der Waals surface area contributed by atoms with Crippen LogP contribution in [0.25, 0.3) is 0 Å². The van der Waals surface area contributed by atoms with Crippen LogP contribution in [0.15, 0.2) is 31.8 Å². The van der Waals surface area contributed by atoms with Gasteiger partial charge in [0, 0.05) is 13.6 Å². The molecule has 1 aromatic heterocycles. The van der Waals surface area contributed by atoms with Crippen molar-refractivity contribution in [3.63, 3.8) is 0 Å². The highest BCUT2D eigenvalue weighted by Crippen LogP contribution is 2.32. The third-order valence-corrected chi connectivity index (χ3v) is 5.48. The Morgan fingerprint density at radius 2 is 1.95 bits per heavy atom. The minimum atomic E-state index is 0.0267. The summed E-state index contributed by atoms with van der Waals surface area (Å²) in [5, 5.41) is 0. The molecular formula is C15H15Br2NOS. The van der Waals surface area contributed by atoms with Gasteiger partial charge in [-0.25, -0.2) is 0 Å². The van der Waals surface area contributed by atoms with Gasteiger partial charge < -0.3 is 4.90 Å². The lowest BCUT2D eigenvalue weighted by Gasteiger charge is -2.18. The summed E-state index contributed by atoms with van der Waals surface area (Å²) in [5.74, 6) is 0.0267. The molecule has 0 atom stereocenters. The van der Waals surface area contributed by atoms with Crippen LogP contribution >= 0.6 is 43.2 Å². The molecule has 1 heterocycles. The van der Waals surface area contributed by atoms with Gasteiger partial charge in [-0.3, -0.25) is 4.79 Å². The minimum Gasteiger partial charge on any atom is -0.337 e. The average Bonchev–Trinajstić information content (AvgIpc) is 2.71. The lowest BCUT2D eigenvalue weighted by Crippen LogP contribution is -2.26. The second-order valence-corrected chi connectivity index (χ2v) is 8.58. The molecule has 0 radical (unpaired) electrons. The fraction of sp³-hybridized carbons (Fsp3) is 0.267. The number of carbonyl (C=O) groups is 1. The van der Waals surface area contributed by atoms with Crippen molar-refractivity contribution in [2.75, 3.05) is 7.05 Å². The number of thiophene rings is 1. The van der Waals surface area contributed by atoms with Gasteiger partial charge in [0.25, 0.3) is 5.91 Å². The Kier molecular flexibility index (Phi) is 5.04. The fourth-order valence-electron chi connectivity index (χ4n) is 2.04. The zero-order valence-corrected chi connectivity index (χ0v) is 15.5. The third kappa shape index (κ3) is 3.51. The number of amides is 1. The highest BCUT2D eigenvalue weighted by molar-refractivity contribution is 9.12. The van der Waals surface area contributed by atoms with Crippen LogP contribution in [-0.2, 0) is 6.54 Å². The van der Waals surface area contributed by atoms with Crippen LogP contribution < -0.4 is 0 Å². The summed E-state index contributed by atoms with van der Waals surface area (Å²) >= 11 is 8.35. The van der Waals surface area contributed by atoms with E-state index in [-0.39, 0.29) is 5.91 Å². The van der Waals surface area contributed by atoms with E-state index in [1.807, 2.05) is 13.1 Å². The van der Waals surface area contributed by atoms with Crippen LogP contribution in [0.2, 0.25) is 0 Å². The molecule has 0 unspecified atom stereocenters. The maximum Gasteiger partial charge on any atom is 0.255 e. The largest absolute Gasteiger partial charge is 0.337 e. The smallest absolute Gasteiger partial charge is 0.255 e. The molecule has 106 valence electrons. The van der Waals surface area contributed by atoms with Gasteiger partial charge in [-0.2, -0.15) is 0 Å². The first-order valence-electron chi connectivity index (χ1n) is 6.15. The van der Waals surface area contributed by atoms with Gasteiger partial charge in [0.05, 0.1) is 13.1 Å². The van der Waals surface area contributed by atoms with Crippen molar-refractivity contribution in [3.05, 3.63) is 54.1 Å². The monoisotopic (exact) mass is 415 g/mol. The second kappa shape index (κ2) is 6.41. The van der Waals surface area contributed by atoms with E-state index in [4.69, 9.17) is 0 Å². The number of carbonyl (C=O) groups excluding carboxylic acids is 1. The predicted molar refractivity (Wildman–Crippen MR) is 91.4 cm³/mol. The molecule has 0 fully saturated rings. The standard InChI is InChI=1S/C15H15Br2NOS/c1-9-4-5-11(10(2)6-9)8-18(3)15(19)12-7-13(16)20-14(12)17/h4-7H,8H2,1-3H3. The number of benzene rings is 1. The van der Waals surface area contributed by atoms with Gasteiger partial charge >= 0.3 is 0 Å². The first-order valence-corrected chi connectivity index (χ1v) is 8.55. The molecule has 0 saturated heterocycles. The van der Waals surface area contributed by atoms with Crippen molar-refractivity contribution in [2.45, 2.75) is 20.4 Å². The maximum absolute atomic E-state index is 12.4. The topological polar surface area (TPSA) is 20.3 Å². The minimum absolute atomic E-state index is 0.0267. The summed E-state index contributed by atoms with van der Waals surface area (Å²) < 4.78 is 1.81. The van der Waals surface area contributed by atoms with E-state index < -0.39 is 0 Å². The van der Waals surface area contributed by atoms with Gasteiger partial charge in [-0.1, -0.05) is 23.8 Å². The molecule has 0 N–H and O–H groups in total. The zero-order valence-electron chi connectivity index (χ0n) is 11.5. The highest BCUT2D eigenvalue weighted by atomic mass is 79.9. The highest BCUT2D eigenvalue weighted by Gasteiger charge is 2.18. The van der Waals surface area contributed by atoms with Gasteiger partial charge in [0.1, 0.15) is 0 Å². The number of rotatable bonds is 3. The number of hydrogen-bond acceptors (Lipinski definition) is 2. The van der Waals surface area contributed by atoms with E-state index in [1.54, 1.807) is 4.90 Å². The van der Waals surface area contributed by atoms with Crippen molar-refractivity contribution in [2.24, 2.45) is 0 Å². The molecule has 1 aromatic carbocycles. The van der Waals surface area contributed by atoms with E-state index in [1.165, 1.54) is 28.0 Å². The molecular weight excluding hydrogens is 402 g/mol. The second-order valence-electron chi connectivity index (χ2n) is 4.83. The molecule has 2 aromatic rings. The van der Waals surface area contributed by atoms with Crippen molar-refractivity contribution < 1.29 is 4.79 Å². The Morgan fingerprint density at radius 1 is 1.25 bits per heavy atom. The first kappa shape index (κ1) is 15.7. The Bertz CT molecular complexity index is 651. The average molecular weight is 417 g/mol. The van der Waals surface area contributed by atoms with Gasteiger partial charge in [0.2, 0.25) is 0 Å². The molecule has 0 aliphatic rings. The zero-order chi connectivity index (χ0) is 14.9. The Balaban J connectivity index is 2.17. The Labute approximate surface area is 140 Å². The van der Waals surface area contributed by atoms with E-state index in [0.29, 0.717) is 12.1 Å². The summed E-state index contributed by atoms with van der Waals surface area (Å²) in [7, 11) is 1.83. The molecule has 1 amide bonds. The molecule has 20 heavy (non-hydrogen) atoms. The van der Waals surface area contributed by atoms with Crippen molar-refractivity contribution >= 4 is 49.1 Å². The lowest BCUT2D eigenvalue weighted by molar-refractivity contribution is 0.0784. The number of hydrogen-bond donors (Lipinski definition) is 0. The SMILES string of the molecule is Cc1ccc(CN(C)C(=O)c2cc(Br)sc2Br)c(C)c1. The third-order valence-electron chi connectivity index (χ3n) is 3.14. The number of halogens is 2. The van der Waals surface area contributed by atoms with Crippen molar-refractivity contribution in [1.29, 1.82) is 0 Å². The van der Waals surface area contributed by atoms with Crippen LogP contribution in [0.1, 0.15) is 27.0 Å². The van der Waals surface area contributed by atoms with E-state index in [0.717, 1.165) is 7.57 Å².